The van der Waals surface area contributed by atoms with Crippen LogP contribution in [0.5, 0.6) is 0 Å². The normalized spacial score (nSPS) is 20.6. The first-order valence-corrected chi connectivity index (χ1v) is 9.73. The van der Waals surface area contributed by atoms with Gasteiger partial charge in [0.2, 0.25) is 5.91 Å². The molecule has 1 aliphatic heterocycles. The number of nitrogen functional groups attached to an aromatic ring is 1. The maximum absolute atomic E-state index is 13.1. The first-order chi connectivity index (χ1) is 13.3. The Morgan fingerprint density at radius 2 is 1.89 bits per heavy atom. The van der Waals surface area contributed by atoms with E-state index in [1.807, 2.05) is 24.0 Å². The molecule has 0 radical (unpaired) electrons. The molecule has 6 heteroatoms. The van der Waals surface area contributed by atoms with Gasteiger partial charge in [0.1, 0.15) is 5.82 Å². The summed E-state index contributed by atoms with van der Waals surface area (Å²) < 4.78 is 13.1. The molecule has 1 amide bonds. The fourth-order valence-corrected chi connectivity index (χ4v) is 3.68. The van der Waals surface area contributed by atoms with Crippen molar-refractivity contribution in [2.75, 3.05) is 18.8 Å². The molecule has 2 aromatic carbocycles. The second kappa shape index (κ2) is 8.76. The Bertz CT molecular complexity index is 869. The maximum atomic E-state index is 13.1. The Hall–Kier alpha value is -2.37. The van der Waals surface area contributed by atoms with Crippen LogP contribution in [-0.4, -0.2) is 40.9 Å². The van der Waals surface area contributed by atoms with Crippen LogP contribution < -0.4 is 5.73 Å². The SMILES string of the molecule is C[C@@H]1CN(Cc2ccc(F)cc2)[C@@H](C)CN1C(=O)C=Cc1ccc(Cl)cc1N. The highest BCUT2D eigenvalue weighted by molar-refractivity contribution is 6.30. The summed E-state index contributed by atoms with van der Waals surface area (Å²) >= 11 is 5.91. The molecule has 0 spiro atoms. The third-order valence-corrected chi connectivity index (χ3v) is 5.39. The highest BCUT2D eigenvalue weighted by Crippen LogP contribution is 2.21. The molecule has 2 N–H and O–H groups in total. The minimum absolute atomic E-state index is 0.0323. The standard InChI is InChI=1S/C22H25ClFN3O/c1-15-13-27(22(28)10-6-18-5-7-19(23)11-21(18)25)16(2)12-26(15)14-17-3-8-20(24)9-4-17/h3-11,15-16H,12-14,25H2,1-2H3/t15-,16+/m0/s1. The van der Waals surface area contributed by atoms with Crippen molar-refractivity contribution in [3.8, 4) is 0 Å². The van der Waals surface area contributed by atoms with Gasteiger partial charge in [-0.15, -0.1) is 0 Å². The number of nitrogens with two attached hydrogens (primary N) is 1. The van der Waals surface area contributed by atoms with Crippen molar-refractivity contribution in [3.63, 3.8) is 0 Å². The van der Waals surface area contributed by atoms with Crippen LogP contribution >= 0.6 is 11.6 Å². The molecule has 0 bridgehead atoms. The molecule has 3 rings (SSSR count). The molecule has 28 heavy (non-hydrogen) atoms. The van der Waals surface area contributed by atoms with E-state index in [-0.39, 0.29) is 23.8 Å². The molecular formula is C22H25ClFN3O. The van der Waals surface area contributed by atoms with Crippen molar-refractivity contribution in [1.29, 1.82) is 0 Å². The van der Waals surface area contributed by atoms with Crippen LogP contribution in [0.4, 0.5) is 10.1 Å². The topological polar surface area (TPSA) is 49.6 Å². The quantitative estimate of drug-likeness (QED) is 0.617. The van der Waals surface area contributed by atoms with Crippen LogP contribution in [0.3, 0.4) is 0 Å². The van der Waals surface area contributed by atoms with Crippen LogP contribution in [0.1, 0.15) is 25.0 Å². The zero-order chi connectivity index (χ0) is 20.3. The summed E-state index contributed by atoms with van der Waals surface area (Å²) in [4.78, 5) is 16.9. The maximum Gasteiger partial charge on any atom is 0.246 e. The molecule has 0 aliphatic carbocycles. The van der Waals surface area contributed by atoms with Crippen molar-refractivity contribution in [1.82, 2.24) is 9.80 Å². The summed E-state index contributed by atoms with van der Waals surface area (Å²) in [6, 6.07) is 12.1. The molecule has 2 aromatic rings. The smallest absolute Gasteiger partial charge is 0.246 e. The van der Waals surface area contributed by atoms with Gasteiger partial charge in [-0.3, -0.25) is 9.69 Å². The third-order valence-electron chi connectivity index (χ3n) is 5.15. The van der Waals surface area contributed by atoms with Gasteiger partial charge in [0, 0.05) is 48.5 Å². The molecule has 1 aliphatic rings. The number of benzene rings is 2. The Labute approximate surface area is 170 Å². The van der Waals surface area contributed by atoms with Gasteiger partial charge in [-0.25, -0.2) is 4.39 Å². The lowest BCUT2D eigenvalue weighted by Crippen LogP contribution is -2.57. The summed E-state index contributed by atoms with van der Waals surface area (Å²) in [5.41, 5.74) is 8.33. The second-order valence-electron chi connectivity index (χ2n) is 7.35. The number of carbonyl (C=O) groups excluding carboxylic acids is 1. The van der Waals surface area contributed by atoms with Gasteiger partial charge in [-0.2, -0.15) is 0 Å². The largest absolute Gasteiger partial charge is 0.398 e. The average molecular weight is 402 g/mol. The molecule has 4 nitrogen and oxygen atoms in total. The Balaban J connectivity index is 1.63. The molecular weight excluding hydrogens is 377 g/mol. The summed E-state index contributed by atoms with van der Waals surface area (Å²) in [6.45, 7) is 6.30. The van der Waals surface area contributed by atoms with E-state index < -0.39 is 0 Å². The fraction of sp³-hybridized carbons (Fsp3) is 0.318. The lowest BCUT2D eigenvalue weighted by atomic mass is 10.1. The monoisotopic (exact) mass is 401 g/mol. The molecule has 0 aromatic heterocycles. The van der Waals surface area contributed by atoms with Crippen molar-refractivity contribution in [2.45, 2.75) is 32.5 Å². The average Bonchev–Trinajstić information content (AvgIpc) is 2.65. The highest BCUT2D eigenvalue weighted by atomic mass is 35.5. The van der Waals surface area contributed by atoms with Gasteiger partial charge < -0.3 is 10.6 Å². The predicted molar refractivity (Wildman–Crippen MR) is 112 cm³/mol. The van der Waals surface area contributed by atoms with Crippen LogP contribution in [0, 0.1) is 5.82 Å². The summed E-state index contributed by atoms with van der Waals surface area (Å²) in [5, 5.41) is 0.570. The van der Waals surface area contributed by atoms with E-state index >= 15 is 0 Å². The number of piperazine rings is 1. The van der Waals surface area contributed by atoms with E-state index in [9.17, 15) is 9.18 Å². The van der Waals surface area contributed by atoms with Gasteiger partial charge in [-0.1, -0.05) is 29.8 Å². The number of anilines is 1. The molecule has 148 valence electrons. The van der Waals surface area contributed by atoms with E-state index in [1.165, 1.54) is 12.1 Å². The van der Waals surface area contributed by atoms with Crippen molar-refractivity contribution >= 4 is 29.3 Å². The van der Waals surface area contributed by atoms with Crippen LogP contribution in [-0.2, 0) is 11.3 Å². The van der Waals surface area contributed by atoms with Gasteiger partial charge in [0.05, 0.1) is 0 Å². The number of carbonyl (C=O) groups is 1. The molecule has 1 saturated heterocycles. The number of hydrogen-bond acceptors (Lipinski definition) is 3. The highest BCUT2D eigenvalue weighted by Gasteiger charge is 2.30. The number of nitrogens with zero attached hydrogens (tertiary/aromatic N) is 2. The lowest BCUT2D eigenvalue weighted by molar-refractivity contribution is -0.131. The summed E-state index contributed by atoms with van der Waals surface area (Å²) in [6.07, 6.45) is 3.30. The van der Waals surface area contributed by atoms with Crippen molar-refractivity contribution < 1.29 is 9.18 Å². The van der Waals surface area contributed by atoms with E-state index in [4.69, 9.17) is 17.3 Å². The first kappa shape index (κ1) is 20.4. The van der Waals surface area contributed by atoms with Crippen molar-refractivity contribution in [2.24, 2.45) is 0 Å². The lowest BCUT2D eigenvalue weighted by Gasteiger charge is -2.44. The second-order valence-corrected chi connectivity index (χ2v) is 7.79. The number of rotatable bonds is 4. The van der Waals surface area contributed by atoms with Gasteiger partial charge in [0.25, 0.3) is 0 Å². The fourth-order valence-electron chi connectivity index (χ4n) is 3.50. The van der Waals surface area contributed by atoms with E-state index in [0.29, 0.717) is 17.3 Å². The van der Waals surface area contributed by atoms with E-state index in [2.05, 4.69) is 11.8 Å². The summed E-state index contributed by atoms with van der Waals surface area (Å²) in [5.74, 6) is -0.260. The van der Waals surface area contributed by atoms with E-state index in [1.54, 1.807) is 30.4 Å². The molecule has 1 fully saturated rings. The first-order valence-electron chi connectivity index (χ1n) is 9.35. The third kappa shape index (κ3) is 4.91. The van der Waals surface area contributed by atoms with Gasteiger partial charge in [-0.05, 0) is 55.3 Å². The van der Waals surface area contributed by atoms with Crippen LogP contribution in [0.15, 0.2) is 48.5 Å². The molecule has 2 atom stereocenters. The van der Waals surface area contributed by atoms with Crippen LogP contribution in [0.25, 0.3) is 6.08 Å². The van der Waals surface area contributed by atoms with Gasteiger partial charge >= 0.3 is 0 Å². The summed E-state index contributed by atoms with van der Waals surface area (Å²) in [7, 11) is 0. The minimum atomic E-state index is -0.228. The van der Waals surface area contributed by atoms with Crippen molar-refractivity contribution in [3.05, 3.63) is 70.5 Å². The number of halogens is 2. The van der Waals surface area contributed by atoms with Gasteiger partial charge in [0.15, 0.2) is 0 Å². The number of hydrogen-bond donors (Lipinski definition) is 1. The zero-order valence-electron chi connectivity index (χ0n) is 16.1. The van der Waals surface area contributed by atoms with E-state index in [0.717, 1.165) is 24.2 Å². The molecule has 1 heterocycles. The molecule has 0 unspecified atom stereocenters. The predicted octanol–water partition coefficient (Wildman–Crippen LogP) is 4.20. The minimum Gasteiger partial charge on any atom is -0.398 e. The Morgan fingerprint density at radius 1 is 1.18 bits per heavy atom. The Morgan fingerprint density at radius 3 is 2.57 bits per heavy atom. The van der Waals surface area contributed by atoms with Crippen LogP contribution in [0.2, 0.25) is 5.02 Å². The zero-order valence-corrected chi connectivity index (χ0v) is 16.9. The molecule has 0 saturated carbocycles. The Kier molecular flexibility index (Phi) is 6.37. The number of amides is 1.